The summed E-state index contributed by atoms with van der Waals surface area (Å²) in [6.07, 6.45) is 2.26. The minimum absolute atomic E-state index is 0.0622. The second-order valence-electron chi connectivity index (χ2n) is 6.54. The van der Waals surface area contributed by atoms with Crippen LogP contribution in [0.5, 0.6) is 0 Å². The van der Waals surface area contributed by atoms with E-state index in [4.69, 9.17) is 9.47 Å². The number of aliphatic hydroxyl groups is 1. The predicted octanol–water partition coefficient (Wildman–Crippen LogP) is 1.97. The minimum Gasteiger partial charge on any atom is -0.462 e. The smallest absolute Gasteiger partial charge is 0.316 e. The molecule has 5 nitrogen and oxygen atoms in total. The fraction of sp³-hybridized carbons (Fsp3) is 0.611. The van der Waals surface area contributed by atoms with Gasteiger partial charge < -0.3 is 14.6 Å². The van der Waals surface area contributed by atoms with Crippen molar-refractivity contribution in [3.8, 4) is 0 Å². The van der Waals surface area contributed by atoms with Crippen LogP contribution in [0.4, 0.5) is 0 Å². The van der Waals surface area contributed by atoms with Crippen LogP contribution in [0.15, 0.2) is 30.3 Å². The van der Waals surface area contributed by atoms with Gasteiger partial charge in [-0.2, -0.15) is 0 Å². The highest BCUT2D eigenvalue weighted by atomic mass is 127. The lowest BCUT2D eigenvalue weighted by Gasteiger charge is -2.38. The van der Waals surface area contributed by atoms with E-state index in [2.05, 4.69) is 34.5 Å². The largest absolute Gasteiger partial charge is 0.462 e. The number of piperidine rings is 1. The summed E-state index contributed by atoms with van der Waals surface area (Å²) < 4.78 is 11.4. The van der Waals surface area contributed by atoms with E-state index < -0.39 is 5.92 Å². The average Bonchev–Trinajstić information content (AvgIpc) is 3.36. The third-order valence-corrected chi connectivity index (χ3v) is 5.33. The van der Waals surface area contributed by atoms with Crippen LogP contribution in [0.3, 0.4) is 0 Å². The van der Waals surface area contributed by atoms with Crippen LogP contribution in [0, 0.1) is 0 Å². The molecule has 4 rings (SSSR count). The van der Waals surface area contributed by atoms with Gasteiger partial charge in [-0.1, -0.05) is 52.9 Å². The van der Waals surface area contributed by atoms with E-state index in [0.29, 0.717) is 24.3 Å². The van der Waals surface area contributed by atoms with E-state index >= 15 is 0 Å². The number of carbonyl (C=O) groups is 1. The molecule has 0 aliphatic carbocycles. The van der Waals surface area contributed by atoms with Crippen molar-refractivity contribution in [1.29, 1.82) is 0 Å². The number of fused-ring (bicyclic) bond motifs is 5. The van der Waals surface area contributed by atoms with E-state index in [1.54, 1.807) is 0 Å². The summed E-state index contributed by atoms with van der Waals surface area (Å²) in [5.41, 5.74) is 0.803. The molecule has 24 heavy (non-hydrogen) atoms. The monoisotopic (exact) mass is 445 g/mol. The summed E-state index contributed by atoms with van der Waals surface area (Å²) in [4.78, 5) is 16.8. The van der Waals surface area contributed by atoms with Gasteiger partial charge in [-0.3, -0.25) is 9.69 Å². The van der Waals surface area contributed by atoms with E-state index in [-0.39, 0.29) is 18.7 Å². The molecule has 0 saturated carbocycles. The molecule has 132 valence electrons. The molecule has 0 radical (unpaired) electrons. The first-order valence-electron chi connectivity index (χ1n) is 8.30. The summed E-state index contributed by atoms with van der Waals surface area (Å²) in [6.45, 7) is -0.226. The van der Waals surface area contributed by atoms with Gasteiger partial charge >= 0.3 is 5.97 Å². The van der Waals surface area contributed by atoms with Gasteiger partial charge in [0.15, 0.2) is 0 Å². The molecule has 1 aromatic rings. The Hall–Kier alpha value is -0.700. The Morgan fingerprint density at radius 1 is 1.29 bits per heavy atom. The second-order valence-corrected chi connectivity index (χ2v) is 6.54. The molecule has 3 aliphatic heterocycles. The summed E-state index contributed by atoms with van der Waals surface area (Å²) in [6, 6.07) is 10.1. The van der Waals surface area contributed by atoms with Gasteiger partial charge in [-0.05, 0) is 17.5 Å². The maximum absolute atomic E-state index is 12.4. The summed E-state index contributed by atoms with van der Waals surface area (Å²) >= 11 is 2.15. The standard InChI is InChI=1S/C17H21NO4.CH3I/c1-18-13-7-11(8-14(18)16-15(13)22-16)21-17(20)12(9-19)10-5-3-2-4-6-10;1-2/h2-6,11-16,19H,7-9H2,1H3;1H3/t11?,12-,13-,14+,15-,16+;/m1./s1. The number of likely N-dealkylation sites (N-methyl/N-ethyl adjacent to an activating group) is 1. The lowest BCUT2D eigenvalue weighted by atomic mass is 9.97. The van der Waals surface area contributed by atoms with Crippen LogP contribution in [-0.4, -0.2) is 65.0 Å². The molecule has 0 aromatic heterocycles. The maximum Gasteiger partial charge on any atom is 0.316 e. The number of benzene rings is 1. The molecule has 2 bridgehead atoms. The SMILES string of the molecule is CI.CN1[C@@H]2CC(OC(=O)[C@H](CO)c3ccccc3)C[C@H]1[C@@H]1O[C@@H]12. The van der Waals surface area contributed by atoms with Crippen LogP contribution < -0.4 is 0 Å². The first kappa shape index (κ1) is 18.1. The zero-order chi connectivity index (χ0) is 17.3. The van der Waals surface area contributed by atoms with Gasteiger partial charge in [0.25, 0.3) is 0 Å². The Balaban J connectivity index is 0.000000815. The maximum atomic E-state index is 12.4. The number of halogens is 1. The number of alkyl halides is 1. The molecule has 1 unspecified atom stereocenters. The van der Waals surface area contributed by atoms with Crippen molar-refractivity contribution in [2.75, 3.05) is 18.6 Å². The molecule has 3 saturated heterocycles. The first-order valence-corrected chi connectivity index (χ1v) is 10.5. The van der Waals surface area contributed by atoms with Crippen molar-refractivity contribution in [1.82, 2.24) is 4.90 Å². The lowest BCUT2D eigenvalue weighted by molar-refractivity contribution is -0.156. The summed E-state index contributed by atoms with van der Waals surface area (Å²) in [5, 5.41) is 9.56. The number of hydrogen-bond acceptors (Lipinski definition) is 5. The van der Waals surface area contributed by atoms with Crippen molar-refractivity contribution < 1.29 is 19.4 Å². The van der Waals surface area contributed by atoms with Gasteiger partial charge in [0.05, 0.1) is 6.61 Å². The summed E-state index contributed by atoms with van der Waals surface area (Å²) in [7, 11) is 2.13. The topological polar surface area (TPSA) is 62.3 Å². The van der Waals surface area contributed by atoms with Gasteiger partial charge in [0, 0.05) is 24.9 Å². The Kier molecular flexibility index (Phi) is 5.79. The van der Waals surface area contributed by atoms with Crippen molar-refractivity contribution in [2.45, 2.75) is 49.2 Å². The number of hydrogen-bond donors (Lipinski definition) is 1. The van der Waals surface area contributed by atoms with Crippen LogP contribution in [0.25, 0.3) is 0 Å². The lowest BCUT2D eigenvalue weighted by Crippen LogP contribution is -2.48. The first-order chi connectivity index (χ1) is 11.7. The van der Waals surface area contributed by atoms with E-state index in [1.165, 1.54) is 0 Å². The molecule has 3 aliphatic rings. The fourth-order valence-corrected chi connectivity index (χ4v) is 4.04. The molecule has 0 spiro atoms. The Morgan fingerprint density at radius 3 is 2.42 bits per heavy atom. The zero-order valence-corrected chi connectivity index (χ0v) is 16.1. The fourth-order valence-electron chi connectivity index (χ4n) is 4.04. The molecule has 0 amide bonds. The zero-order valence-electron chi connectivity index (χ0n) is 14.0. The molecule has 6 atom stereocenters. The van der Waals surface area contributed by atoms with Crippen LogP contribution in [0.1, 0.15) is 24.3 Å². The number of esters is 1. The molecule has 6 heteroatoms. The number of ether oxygens (including phenoxy) is 2. The second kappa shape index (κ2) is 7.68. The van der Waals surface area contributed by atoms with Gasteiger partial charge in [0.1, 0.15) is 24.2 Å². The minimum atomic E-state index is -0.593. The molecule has 3 heterocycles. The molecular formula is C18H24INO4. The Bertz CT molecular complexity index is 551. The van der Waals surface area contributed by atoms with Crippen LogP contribution >= 0.6 is 22.6 Å². The van der Waals surface area contributed by atoms with Crippen molar-refractivity contribution >= 4 is 28.6 Å². The number of carbonyl (C=O) groups excluding carboxylic acids is 1. The van der Waals surface area contributed by atoms with Crippen LogP contribution in [-0.2, 0) is 14.3 Å². The highest BCUT2D eigenvalue weighted by Crippen LogP contribution is 2.48. The molecular weight excluding hydrogens is 421 g/mol. The Labute approximate surface area is 156 Å². The number of aliphatic hydroxyl groups excluding tert-OH is 1. The van der Waals surface area contributed by atoms with Crippen molar-refractivity contribution in [3.05, 3.63) is 35.9 Å². The highest BCUT2D eigenvalue weighted by Gasteiger charge is 2.62. The third-order valence-electron chi connectivity index (χ3n) is 5.33. The number of rotatable bonds is 4. The molecule has 1 aromatic carbocycles. The average molecular weight is 445 g/mol. The predicted molar refractivity (Wildman–Crippen MR) is 99.3 cm³/mol. The molecule has 1 N–H and O–H groups in total. The van der Waals surface area contributed by atoms with Gasteiger partial charge in [-0.15, -0.1) is 0 Å². The quantitative estimate of drug-likeness (QED) is 0.333. The third kappa shape index (κ3) is 3.34. The van der Waals surface area contributed by atoms with Crippen molar-refractivity contribution in [2.24, 2.45) is 0 Å². The number of epoxide rings is 1. The number of nitrogens with zero attached hydrogens (tertiary/aromatic N) is 1. The van der Waals surface area contributed by atoms with E-state index in [9.17, 15) is 9.90 Å². The normalized spacial score (nSPS) is 34.6. The van der Waals surface area contributed by atoms with Gasteiger partial charge in [0.2, 0.25) is 0 Å². The van der Waals surface area contributed by atoms with Crippen LogP contribution in [0.2, 0.25) is 0 Å². The highest BCUT2D eigenvalue weighted by molar-refractivity contribution is 14.1. The summed E-state index contributed by atoms with van der Waals surface area (Å²) in [5.74, 6) is -0.915. The van der Waals surface area contributed by atoms with Crippen molar-refractivity contribution in [3.63, 3.8) is 0 Å². The number of morpholine rings is 1. The Morgan fingerprint density at radius 2 is 1.88 bits per heavy atom. The van der Waals surface area contributed by atoms with Gasteiger partial charge in [-0.25, -0.2) is 0 Å². The van der Waals surface area contributed by atoms with E-state index in [1.807, 2.05) is 35.3 Å². The molecule has 3 fully saturated rings. The van der Waals surface area contributed by atoms with E-state index in [0.717, 1.165) is 18.4 Å².